The standard InChI is InChI=1S/C11H15N5O4/c1-5-9(6(2)15-14-5)13-11(20)16-4-8(17)12-3-7(16)10(18)19/h7H,3-4H2,1-2H3,(H,12,17)(H,13,20)(H,14,15)(H,18,19). The van der Waals surface area contributed by atoms with Gasteiger partial charge in [0.2, 0.25) is 5.91 Å². The number of nitrogens with one attached hydrogen (secondary N) is 3. The lowest BCUT2D eigenvalue weighted by atomic mass is 10.2. The molecule has 0 saturated carbocycles. The van der Waals surface area contributed by atoms with Gasteiger partial charge in [-0.15, -0.1) is 0 Å². The van der Waals surface area contributed by atoms with Crippen molar-refractivity contribution in [1.82, 2.24) is 20.4 Å². The second kappa shape index (κ2) is 5.19. The minimum Gasteiger partial charge on any atom is -0.480 e. The first kappa shape index (κ1) is 13.8. The van der Waals surface area contributed by atoms with Crippen LogP contribution in [0.2, 0.25) is 0 Å². The second-order valence-corrected chi connectivity index (χ2v) is 4.53. The molecule has 2 rings (SSSR count). The Labute approximate surface area is 114 Å². The summed E-state index contributed by atoms with van der Waals surface area (Å²) in [6, 6.07) is -1.72. The number of piperazine rings is 1. The number of aromatic nitrogens is 2. The van der Waals surface area contributed by atoms with Gasteiger partial charge in [-0.05, 0) is 13.8 Å². The number of carboxylic acids is 1. The smallest absolute Gasteiger partial charge is 0.328 e. The number of H-pyrrole nitrogens is 1. The van der Waals surface area contributed by atoms with Crippen molar-refractivity contribution in [1.29, 1.82) is 0 Å². The van der Waals surface area contributed by atoms with Crippen molar-refractivity contribution in [2.45, 2.75) is 19.9 Å². The third kappa shape index (κ3) is 2.56. The lowest BCUT2D eigenvalue weighted by molar-refractivity contribution is -0.144. The number of aryl methyl sites for hydroxylation is 2. The Morgan fingerprint density at radius 2 is 2.15 bits per heavy atom. The quantitative estimate of drug-likeness (QED) is 0.578. The molecule has 1 atom stereocenters. The highest BCUT2D eigenvalue weighted by molar-refractivity contribution is 5.97. The zero-order chi connectivity index (χ0) is 14.9. The number of rotatable bonds is 2. The minimum atomic E-state index is -1.17. The Morgan fingerprint density at radius 1 is 1.45 bits per heavy atom. The molecule has 1 aliphatic heterocycles. The highest BCUT2D eigenvalue weighted by atomic mass is 16.4. The van der Waals surface area contributed by atoms with Crippen LogP contribution < -0.4 is 10.6 Å². The zero-order valence-corrected chi connectivity index (χ0v) is 11.1. The first-order valence-corrected chi connectivity index (χ1v) is 5.99. The number of hydrogen-bond donors (Lipinski definition) is 4. The van der Waals surface area contributed by atoms with E-state index in [4.69, 9.17) is 5.11 Å². The van der Waals surface area contributed by atoms with Crippen molar-refractivity contribution in [3.63, 3.8) is 0 Å². The highest BCUT2D eigenvalue weighted by Crippen LogP contribution is 2.17. The molecule has 2 heterocycles. The maximum atomic E-state index is 12.2. The first-order valence-electron chi connectivity index (χ1n) is 5.99. The molecule has 0 radical (unpaired) electrons. The molecule has 1 unspecified atom stereocenters. The number of aromatic amines is 1. The lowest BCUT2D eigenvalue weighted by Crippen LogP contribution is -2.60. The topological polar surface area (TPSA) is 127 Å². The van der Waals surface area contributed by atoms with Crippen LogP contribution in [0.25, 0.3) is 0 Å². The minimum absolute atomic E-state index is 0.106. The van der Waals surface area contributed by atoms with Crippen LogP contribution in [-0.4, -0.2) is 57.2 Å². The van der Waals surface area contributed by atoms with Crippen molar-refractivity contribution >= 4 is 23.6 Å². The number of nitrogens with zero attached hydrogens (tertiary/aromatic N) is 2. The van der Waals surface area contributed by atoms with Crippen molar-refractivity contribution in [3.8, 4) is 0 Å². The van der Waals surface area contributed by atoms with Gasteiger partial charge in [0.25, 0.3) is 0 Å². The summed E-state index contributed by atoms with van der Waals surface area (Å²) >= 11 is 0. The predicted octanol–water partition coefficient (Wildman–Crippen LogP) is -0.557. The number of urea groups is 1. The fraction of sp³-hybridized carbons (Fsp3) is 0.455. The van der Waals surface area contributed by atoms with E-state index in [1.54, 1.807) is 13.8 Å². The van der Waals surface area contributed by atoms with E-state index in [2.05, 4.69) is 20.8 Å². The van der Waals surface area contributed by atoms with Crippen molar-refractivity contribution < 1.29 is 19.5 Å². The molecule has 9 heteroatoms. The van der Waals surface area contributed by atoms with E-state index in [1.165, 1.54) is 0 Å². The zero-order valence-electron chi connectivity index (χ0n) is 11.1. The average Bonchev–Trinajstić information content (AvgIpc) is 2.70. The summed E-state index contributed by atoms with van der Waals surface area (Å²) in [6.45, 7) is 3.04. The number of amides is 3. The molecular weight excluding hydrogens is 266 g/mol. The fourth-order valence-corrected chi connectivity index (χ4v) is 1.99. The summed E-state index contributed by atoms with van der Waals surface area (Å²) in [7, 11) is 0. The summed E-state index contributed by atoms with van der Waals surface area (Å²) in [5.74, 6) is -1.56. The Morgan fingerprint density at radius 3 is 2.70 bits per heavy atom. The van der Waals surface area contributed by atoms with Crippen LogP contribution in [0, 0.1) is 13.8 Å². The van der Waals surface area contributed by atoms with Crippen molar-refractivity contribution in [2.24, 2.45) is 0 Å². The van der Waals surface area contributed by atoms with E-state index in [0.29, 0.717) is 17.1 Å². The van der Waals surface area contributed by atoms with Crippen LogP contribution >= 0.6 is 0 Å². The molecule has 0 aliphatic carbocycles. The number of carboxylic acid groups (broad SMARTS) is 1. The molecule has 1 aromatic rings. The van der Waals surface area contributed by atoms with Crippen LogP contribution in [0.15, 0.2) is 0 Å². The maximum absolute atomic E-state index is 12.2. The van der Waals surface area contributed by atoms with Gasteiger partial charge in [-0.25, -0.2) is 9.59 Å². The maximum Gasteiger partial charge on any atom is 0.328 e. The van der Waals surface area contributed by atoms with Gasteiger partial charge in [0.1, 0.15) is 12.6 Å². The molecule has 4 N–H and O–H groups in total. The van der Waals surface area contributed by atoms with E-state index < -0.39 is 23.9 Å². The average molecular weight is 281 g/mol. The largest absolute Gasteiger partial charge is 0.480 e. The molecule has 1 aromatic heterocycles. The van der Waals surface area contributed by atoms with Crippen LogP contribution in [-0.2, 0) is 9.59 Å². The Bertz CT molecular complexity index is 548. The molecule has 3 amide bonds. The van der Waals surface area contributed by atoms with Gasteiger partial charge in [-0.1, -0.05) is 0 Å². The van der Waals surface area contributed by atoms with E-state index in [1.807, 2.05) is 0 Å². The summed E-state index contributed by atoms with van der Waals surface area (Å²) in [6.07, 6.45) is 0. The van der Waals surface area contributed by atoms with Crippen molar-refractivity contribution in [3.05, 3.63) is 11.4 Å². The van der Waals surface area contributed by atoms with Crippen molar-refractivity contribution in [2.75, 3.05) is 18.4 Å². The van der Waals surface area contributed by atoms with E-state index in [0.717, 1.165) is 4.90 Å². The van der Waals surface area contributed by atoms with Gasteiger partial charge in [-0.3, -0.25) is 14.8 Å². The van der Waals surface area contributed by atoms with Gasteiger partial charge in [0, 0.05) is 6.54 Å². The Balaban J connectivity index is 2.17. The molecular formula is C11H15N5O4. The van der Waals surface area contributed by atoms with E-state index >= 15 is 0 Å². The lowest BCUT2D eigenvalue weighted by Gasteiger charge is -2.32. The van der Waals surface area contributed by atoms with E-state index in [9.17, 15) is 14.4 Å². The normalized spacial score (nSPS) is 18.6. The third-order valence-electron chi connectivity index (χ3n) is 3.09. The SMILES string of the molecule is Cc1n[nH]c(C)c1NC(=O)N1CC(=O)NCC1C(=O)O. The number of anilines is 1. The number of carbonyl (C=O) groups is 3. The molecule has 20 heavy (non-hydrogen) atoms. The Kier molecular flexibility index (Phi) is 3.59. The molecule has 108 valence electrons. The van der Waals surface area contributed by atoms with Crippen LogP contribution in [0.4, 0.5) is 10.5 Å². The number of aliphatic carboxylic acids is 1. The van der Waals surface area contributed by atoms with Crippen LogP contribution in [0.3, 0.4) is 0 Å². The summed E-state index contributed by atoms with van der Waals surface area (Å²) in [5, 5.41) is 20.7. The van der Waals surface area contributed by atoms with Gasteiger partial charge >= 0.3 is 12.0 Å². The van der Waals surface area contributed by atoms with Gasteiger partial charge < -0.3 is 15.7 Å². The van der Waals surface area contributed by atoms with Gasteiger partial charge in [0.15, 0.2) is 0 Å². The predicted molar refractivity (Wildman–Crippen MR) is 68.2 cm³/mol. The summed E-state index contributed by atoms with van der Waals surface area (Å²) in [4.78, 5) is 35.6. The molecule has 1 saturated heterocycles. The Hall–Kier alpha value is -2.58. The molecule has 0 aromatic carbocycles. The summed E-state index contributed by atoms with van der Waals surface area (Å²) < 4.78 is 0. The molecule has 0 spiro atoms. The molecule has 1 fully saturated rings. The third-order valence-corrected chi connectivity index (χ3v) is 3.09. The summed E-state index contributed by atoms with van der Waals surface area (Å²) in [5.41, 5.74) is 1.73. The van der Waals surface area contributed by atoms with Gasteiger partial charge in [0.05, 0.1) is 17.1 Å². The fourth-order valence-electron chi connectivity index (χ4n) is 1.99. The molecule has 9 nitrogen and oxygen atoms in total. The van der Waals surface area contributed by atoms with Gasteiger partial charge in [-0.2, -0.15) is 5.10 Å². The first-order chi connectivity index (χ1) is 9.40. The number of carbonyl (C=O) groups excluding carboxylic acids is 2. The van der Waals surface area contributed by atoms with Crippen LogP contribution in [0.1, 0.15) is 11.4 Å². The molecule has 0 bridgehead atoms. The van der Waals surface area contributed by atoms with E-state index in [-0.39, 0.29) is 13.1 Å². The monoisotopic (exact) mass is 281 g/mol. The second-order valence-electron chi connectivity index (χ2n) is 4.53. The highest BCUT2D eigenvalue weighted by Gasteiger charge is 2.35. The van der Waals surface area contributed by atoms with Crippen LogP contribution in [0.5, 0.6) is 0 Å². The molecule has 1 aliphatic rings. The number of hydrogen-bond acceptors (Lipinski definition) is 4.